The Morgan fingerprint density at radius 3 is 2.57 bits per heavy atom. The van der Waals surface area contributed by atoms with Crippen LogP contribution in [0.4, 0.5) is 27.6 Å². The fourth-order valence-electron chi connectivity index (χ4n) is 3.61. The predicted octanol–water partition coefficient (Wildman–Crippen LogP) is 3.23. The molecule has 0 radical (unpaired) electrons. The molecule has 37 heavy (non-hydrogen) atoms. The van der Waals surface area contributed by atoms with Gasteiger partial charge in [0.2, 0.25) is 0 Å². The van der Waals surface area contributed by atoms with Crippen molar-refractivity contribution >= 4 is 28.9 Å². The SMILES string of the molecule is NCC(Cn1ncn(Cc2ccc(-c3ccc4c(c3)CCC(=O)N4OC(=O)C(F)(F)F)s2)c1=O)=C(F)F. The second-order valence-corrected chi connectivity index (χ2v) is 9.11. The van der Waals surface area contributed by atoms with E-state index in [-0.39, 0.29) is 25.1 Å². The van der Waals surface area contributed by atoms with Gasteiger partial charge in [0.05, 0.1) is 18.8 Å². The summed E-state index contributed by atoms with van der Waals surface area (Å²) in [6, 6.07) is 8.18. The number of benzene rings is 1. The van der Waals surface area contributed by atoms with Crippen LogP contribution >= 0.6 is 11.3 Å². The summed E-state index contributed by atoms with van der Waals surface area (Å²) in [6.07, 6.45) is -5.87. The minimum Gasteiger partial charge on any atom is -0.327 e. The van der Waals surface area contributed by atoms with Gasteiger partial charge in [0.15, 0.2) is 0 Å². The number of amides is 1. The molecule has 0 bridgehead atoms. The first-order valence-corrected chi connectivity index (χ1v) is 11.5. The summed E-state index contributed by atoms with van der Waals surface area (Å²) in [5.41, 5.74) is 5.56. The van der Waals surface area contributed by atoms with Gasteiger partial charge in [0.1, 0.15) is 6.33 Å². The van der Waals surface area contributed by atoms with Crippen LogP contribution in [0.15, 0.2) is 53.1 Å². The molecule has 3 aromatic rings. The number of hydroxylamine groups is 1. The highest BCUT2D eigenvalue weighted by Gasteiger charge is 2.44. The number of aryl methyl sites for hydroxylation is 1. The summed E-state index contributed by atoms with van der Waals surface area (Å²) in [7, 11) is 0. The second kappa shape index (κ2) is 10.3. The zero-order valence-corrected chi connectivity index (χ0v) is 19.6. The van der Waals surface area contributed by atoms with Crippen molar-refractivity contribution in [3.8, 4) is 10.4 Å². The molecule has 3 heterocycles. The van der Waals surface area contributed by atoms with Gasteiger partial charge in [-0.3, -0.25) is 9.36 Å². The monoisotopic (exact) mass is 543 g/mol. The van der Waals surface area contributed by atoms with E-state index in [1.165, 1.54) is 28.3 Å². The number of nitrogens with zero attached hydrogens (tertiary/aromatic N) is 4. The zero-order chi connectivity index (χ0) is 26.9. The van der Waals surface area contributed by atoms with Gasteiger partial charge in [-0.2, -0.15) is 27.1 Å². The van der Waals surface area contributed by atoms with Gasteiger partial charge in [-0.15, -0.1) is 16.4 Å². The third kappa shape index (κ3) is 5.61. The first kappa shape index (κ1) is 26.2. The zero-order valence-electron chi connectivity index (χ0n) is 18.8. The highest BCUT2D eigenvalue weighted by atomic mass is 32.1. The van der Waals surface area contributed by atoms with Crippen molar-refractivity contribution in [3.05, 3.63) is 69.2 Å². The van der Waals surface area contributed by atoms with Crippen molar-refractivity contribution in [3.63, 3.8) is 0 Å². The maximum atomic E-state index is 12.8. The van der Waals surface area contributed by atoms with Gasteiger partial charge in [-0.05, 0) is 41.8 Å². The van der Waals surface area contributed by atoms with E-state index in [2.05, 4.69) is 9.94 Å². The Morgan fingerprint density at radius 1 is 1.14 bits per heavy atom. The van der Waals surface area contributed by atoms with Gasteiger partial charge in [0, 0.05) is 28.3 Å². The van der Waals surface area contributed by atoms with Crippen LogP contribution in [0.3, 0.4) is 0 Å². The highest BCUT2D eigenvalue weighted by Crippen LogP contribution is 2.35. The van der Waals surface area contributed by atoms with Crippen LogP contribution in [0.25, 0.3) is 10.4 Å². The van der Waals surface area contributed by atoms with Gasteiger partial charge >= 0.3 is 17.8 Å². The summed E-state index contributed by atoms with van der Waals surface area (Å²) < 4.78 is 65.7. The van der Waals surface area contributed by atoms with Crippen molar-refractivity contribution < 1.29 is 36.4 Å². The van der Waals surface area contributed by atoms with Crippen LogP contribution in [0, 0.1) is 0 Å². The summed E-state index contributed by atoms with van der Waals surface area (Å²) in [4.78, 5) is 41.6. The van der Waals surface area contributed by atoms with Crippen LogP contribution in [0.5, 0.6) is 0 Å². The number of hydrogen-bond donors (Lipinski definition) is 1. The second-order valence-electron chi connectivity index (χ2n) is 7.94. The minimum absolute atomic E-state index is 0.0453. The first-order chi connectivity index (χ1) is 17.5. The molecule has 1 aromatic carbocycles. The quantitative estimate of drug-likeness (QED) is 0.458. The lowest BCUT2D eigenvalue weighted by Gasteiger charge is -2.27. The van der Waals surface area contributed by atoms with E-state index in [0.29, 0.717) is 16.2 Å². The summed E-state index contributed by atoms with van der Waals surface area (Å²) in [6.45, 7) is -0.704. The van der Waals surface area contributed by atoms with E-state index in [0.717, 1.165) is 14.4 Å². The Hall–Kier alpha value is -3.85. The lowest BCUT2D eigenvalue weighted by Crippen LogP contribution is -2.41. The lowest BCUT2D eigenvalue weighted by molar-refractivity contribution is -0.201. The summed E-state index contributed by atoms with van der Waals surface area (Å²) >= 11 is 1.33. The van der Waals surface area contributed by atoms with Crippen LogP contribution in [-0.2, 0) is 33.9 Å². The molecule has 0 saturated heterocycles. The largest absolute Gasteiger partial charge is 0.493 e. The number of hydrogen-bond acceptors (Lipinski definition) is 7. The molecule has 9 nitrogen and oxygen atoms in total. The number of halogens is 5. The van der Waals surface area contributed by atoms with Crippen molar-refractivity contribution in [2.75, 3.05) is 11.6 Å². The van der Waals surface area contributed by atoms with E-state index in [9.17, 15) is 36.3 Å². The van der Waals surface area contributed by atoms with Crippen molar-refractivity contribution in [2.24, 2.45) is 5.73 Å². The smallest absolute Gasteiger partial charge is 0.327 e. The van der Waals surface area contributed by atoms with Gasteiger partial charge in [-0.1, -0.05) is 6.07 Å². The number of nitrogens with two attached hydrogens (primary N) is 1. The molecule has 2 aromatic heterocycles. The fourth-order valence-corrected chi connectivity index (χ4v) is 4.61. The molecule has 0 unspecified atom stereocenters. The molecule has 1 amide bonds. The first-order valence-electron chi connectivity index (χ1n) is 10.7. The molecular weight excluding hydrogens is 525 g/mol. The molecule has 0 fully saturated rings. The van der Waals surface area contributed by atoms with Gasteiger partial charge < -0.3 is 10.6 Å². The molecule has 0 aliphatic carbocycles. The number of alkyl halides is 3. The van der Waals surface area contributed by atoms with Crippen molar-refractivity contribution in [1.29, 1.82) is 0 Å². The number of fused-ring (bicyclic) bond motifs is 1. The minimum atomic E-state index is -5.25. The number of carbonyl (C=O) groups is 2. The maximum Gasteiger partial charge on any atom is 0.493 e. The Morgan fingerprint density at radius 2 is 1.89 bits per heavy atom. The third-order valence-electron chi connectivity index (χ3n) is 5.46. The van der Waals surface area contributed by atoms with E-state index in [1.807, 2.05) is 0 Å². The normalized spacial score (nSPS) is 13.5. The molecular formula is C22H18F5N5O4S. The maximum absolute atomic E-state index is 12.8. The van der Waals surface area contributed by atoms with Gasteiger partial charge in [-0.25, -0.2) is 14.3 Å². The summed E-state index contributed by atoms with van der Waals surface area (Å²) in [5, 5.41) is 4.22. The number of carbonyl (C=O) groups excluding carboxylic acids is 2. The van der Waals surface area contributed by atoms with Crippen molar-refractivity contribution in [2.45, 2.75) is 32.1 Å². The Balaban J connectivity index is 1.52. The molecule has 0 saturated carbocycles. The Bertz CT molecular complexity index is 1440. The van der Waals surface area contributed by atoms with Crippen LogP contribution < -0.4 is 16.5 Å². The van der Waals surface area contributed by atoms with E-state index >= 15 is 0 Å². The number of aromatic nitrogens is 3. The fraction of sp³-hybridized carbons (Fsp3) is 0.273. The lowest BCUT2D eigenvalue weighted by atomic mass is 9.99. The molecule has 0 atom stereocenters. The number of rotatable bonds is 7. The molecule has 1 aliphatic heterocycles. The van der Waals surface area contributed by atoms with Gasteiger partial charge in [0.25, 0.3) is 12.0 Å². The van der Waals surface area contributed by atoms with Crippen LogP contribution in [-0.4, -0.2) is 38.9 Å². The molecule has 4 rings (SSSR count). The van der Waals surface area contributed by atoms with E-state index in [4.69, 9.17) is 5.73 Å². The van der Waals surface area contributed by atoms with E-state index < -0.39 is 48.5 Å². The molecule has 196 valence electrons. The predicted molar refractivity (Wildman–Crippen MR) is 122 cm³/mol. The summed E-state index contributed by atoms with van der Waals surface area (Å²) in [5.74, 6) is -3.27. The molecule has 2 N–H and O–H groups in total. The number of thiophene rings is 1. The molecule has 0 spiro atoms. The van der Waals surface area contributed by atoms with Crippen LogP contribution in [0.1, 0.15) is 16.9 Å². The van der Waals surface area contributed by atoms with Crippen LogP contribution in [0.2, 0.25) is 0 Å². The number of anilines is 1. The molecule has 15 heteroatoms. The average molecular weight is 543 g/mol. The van der Waals surface area contributed by atoms with Crippen molar-refractivity contribution in [1.82, 2.24) is 14.3 Å². The molecule has 1 aliphatic rings. The highest BCUT2D eigenvalue weighted by molar-refractivity contribution is 7.15. The van der Waals surface area contributed by atoms with E-state index in [1.54, 1.807) is 24.3 Å². The third-order valence-corrected chi connectivity index (χ3v) is 6.58. The Labute approximate surface area is 209 Å². The average Bonchev–Trinajstić information content (AvgIpc) is 3.45. The Kier molecular flexibility index (Phi) is 7.27. The standard InChI is InChI=1S/C22H18F5N5O4S/c23-19(24)14(8-28)9-31-21(35)30(11-29-31)10-15-3-5-17(37-15)13-1-4-16-12(7-13)2-6-18(33)32(16)36-20(34)22(25,26)27/h1,3-5,7,11H,2,6,8-10,28H2. The topological polar surface area (TPSA) is 112 Å².